The molecule has 1 aliphatic carbocycles. The summed E-state index contributed by atoms with van der Waals surface area (Å²) in [6, 6.07) is 0.169. The van der Waals surface area contributed by atoms with E-state index in [2.05, 4.69) is 18.9 Å². The molecule has 4 heteroatoms. The number of primary amides is 1. The van der Waals surface area contributed by atoms with Gasteiger partial charge < -0.3 is 16.4 Å². The van der Waals surface area contributed by atoms with E-state index < -0.39 is 11.9 Å². The highest BCUT2D eigenvalue weighted by molar-refractivity contribution is 5.79. The van der Waals surface area contributed by atoms with Crippen LogP contribution in [0.25, 0.3) is 0 Å². The first-order valence-corrected chi connectivity index (χ1v) is 6.79. The highest BCUT2D eigenvalue weighted by Gasteiger charge is 2.23. The van der Waals surface area contributed by atoms with Gasteiger partial charge in [0.05, 0.1) is 6.04 Å². The van der Waals surface area contributed by atoms with Crippen molar-refractivity contribution in [1.29, 1.82) is 0 Å². The van der Waals surface area contributed by atoms with Gasteiger partial charge in [-0.25, -0.2) is 0 Å². The van der Waals surface area contributed by atoms with Crippen molar-refractivity contribution in [3.8, 4) is 0 Å². The molecule has 1 saturated carbocycles. The highest BCUT2D eigenvalue weighted by Crippen LogP contribution is 2.28. The molecule has 17 heavy (non-hydrogen) atoms. The summed E-state index contributed by atoms with van der Waals surface area (Å²) >= 11 is 0. The van der Waals surface area contributed by atoms with Crippen LogP contribution in [0, 0.1) is 5.92 Å². The molecular weight excluding hydrogens is 214 g/mol. The molecule has 0 aromatic carbocycles. The summed E-state index contributed by atoms with van der Waals surface area (Å²) in [7, 11) is 2.13. The Hall–Kier alpha value is -0.610. The topological polar surface area (TPSA) is 72.3 Å². The number of amides is 1. The van der Waals surface area contributed by atoms with Crippen molar-refractivity contribution in [1.82, 2.24) is 4.90 Å². The molecule has 0 spiro atoms. The predicted molar refractivity (Wildman–Crippen MR) is 70.5 cm³/mol. The van der Waals surface area contributed by atoms with E-state index in [1.54, 1.807) is 0 Å². The Labute approximate surface area is 105 Å². The number of hydrogen-bond acceptors (Lipinski definition) is 3. The summed E-state index contributed by atoms with van der Waals surface area (Å²) in [6.45, 7) is 3.14. The summed E-state index contributed by atoms with van der Waals surface area (Å²) < 4.78 is 0. The normalized spacial score (nSPS) is 27.1. The molecule has 1 fully saturated rings. The molecule has 0 aromatic rings. The minimum atomic E-state index is -0.496. The highest BCUT2D eigenvalue weighted by atomic mass is 16.1. The van der Waals surface area contributed by atoms with E-state index in [1.807, 2.05) is 0 Å². The van der Waals surface area contributed by atoms with Gasteiger partial charge in [-0.05, 0) is 45.1 Å². The van der Waals surface area contributed by atoms with Gasteiger partial charge in [0.25, 0.3) is 0 Å². The fraction of sp³-hybridized carbons (Fsp3) is 0.923. The van der Waals surface area contributed by atoms with E-state index in [1.165, 1.54) is 32.1 Å². The van der Waals surface area contributed by atoms with Crippen molar-refractivity contribution >= 4 is 5.91 Å². The number of nitrogens with zero attached hydrogens (tertiary/aromatic N) is 1. The molecule has 0 radical (unpaired) electrons. The predicted octanol–water partition coefficient (Wildman–Crippen LogP) is 1.09. The number of nitrogens with two attached hydrogens (primary N) is 2. The van der Waals surface area contributed by atoms with Crippen molar-refractivity contribution in [2.24, 2.45) is 17.4 Å². The van der Waals surface area contributed by atoms with Gasteiger partial charge in [-0.3, -0.25) is 4.79 Å². The summed E-state index contributed by atoms with van der Waals surface area (Å²) in [4.78, 5) is 13.2. The minimum Gasteiger partial charge on any atom is -0.368 e. The van der Waals surface area contributed by atoms with Gasteiger partial charge in [0.2, 0.25) is 5.91 Å². The van der Waals surface area contributed by atoms with Crippen molar-refractivity contribution in [3.63, 3.8) is 0 Å². The van der Waals surface area contributed by atoms with Crippen LogP contribution in [-0.2, 0) is 4.79 Å². The molecule has 1 atom stereocenters. The maximum absolute atomic E-state index is 10.8. The number of hydrogen-bond donors (Lipinski definition) is 2. The van der Waals surface area contributed by atoms with E-state index in [0.717, 1.165) is 12.5 Å². The second kappa shape index (κ2) is 6.97. The molecule has 0 saturated heterocycles. The lowest BCUT2D eigenvalue weighted by atomic mass is 9.84. The third kappa shape index (κ3) is 4.64. The third-order valence-corrected chi connectivity index (χ3v) is 4.18. The zero-order valence-electron chi connectivity index (χ0n) is 11.2. The Balaban J connectivity index is 2.24. The van der Waals surface area contributed by atoms with E-state index >= 15 is 0 Å². The van der Waals surface area contributed by atoms with Crippen LogP contribution in [0.5, 0.6) is 0 Å². The van der Waals surface area contributed by atoms with Crippen LogP contribution in [-0.4, -0.2) is 36.5 Å². The van der Waals surface area contributed by atoms with E-state index in [4.69, 9.17) is 11.5 Å². The quantitative estimate of drug-likeness (QED) is 0.731. The average Bonchev–Trinajstić information content (AvgIpc) is 2.35. The number of carbonyl (C=O) groups excluding carboxylic acids is 1. The van der Waals surface area contributed by atoms with Crippen molar-refractivity contribution in [2.45, 2.75) is 57.5 Å². The van der Waals surface area contributed by atoms with Crippen molar-refractivity contribution in [2.75, 3.05) is 13.6 Å². The molecule has 1 aliphatic rings. The molecule has 1 amide bonds. The molecule has 0 bridgehead atoms. The average molecular weight is 241 g/mol. The zero-order valence-corrected chi connectivity index (χ0v) is 11.2. The van der Waals surface area contributed by atoms with Crippen LogP contribution in [0.3, 0.4) is 0 Å². The van der Waals surface area contributed by atoms with E-state index in [9.17, 15) is 4.79 Å². The first-order chi connectivity index (χ1) is 8.04. The van der Waals surface area contributed by atoms with Crippen LogP contribution in [0.15, 0.2) is 0 Å². The van der Waals surface area contributed by atoms with Crippen molar-refractivity contribution < 1.29 is 4.79 Å². The van der Waals surface area contributed by atoms with Crippen LogP contribution in [0.1, 0.15) is 45.4 Å². The van der Waals surface area contributed by atoms with Gasteiger partial charge in [-0.15, -0.1) is 0 Å². The second-order valence-electron chi connectivity index (χ2n) is 5.36. The molecule has 100 valence electrons. The largest absolute Gasteiger partial charge is 0.368 e. The second-order valence-corrected chi connectivity index (χ2v) is 5.36. The fourth-order valence-corrected chi connectivity index (χ4v) is 2.66. The van der Waals surface area contributed by atoms with Crippen molar-refractivity contribution in [3.05, 3.63) is 0 Å². The molecule has 4 nitrogen and oxygen atoms in total. The Bertz CT molecular complexity index is 237. The number of rotatable bonds is 6. The summed E-state index contributed by atoms with van der Waals surface area (Å²) in [5.74, 6) is 0.528. The van der Waals surface area contributed by atoms with Crippen LogP contribution in [0.2, 0.25) is 0 Å². The van der Waals surface area contributed by atoms with Gasteiger partial charge in [0.15, 0.2) is 0 Å². The maximum atomic E-state index is 10.8. The van der Waals surface area contributed by atoms with Crippen LogP contribution < -0.4 is 11.5 Å². The molecule has 1 unspecified atom stereocenters. The van der Waals surface area contributed by atoms with Gasteiger partial charge in [0.1, 0.15) is 0 Å². The lowest BCUT2D eigenvalue weighted by Gasteiger charge is -2.34. The smallest absolute Gasteiger partial charge is 0.234 e. The Morgan fingerprint density at radius 1 is 1.35 bits per heavy atom. The maximum Gasteiger partial charge on any atom is 0.234 e. The standard InChI is InChI=1S/C13H27N3O/c1-3-10-4-6-11(7-5-10)16(2)9-8-12(14)13(15)17/h10-12H,3-9,14H2,1-2H3,(H2,15,17). The van der Waals surface area contributed by atoms with Crippen LogP contribution in [0.4, 0.5) is 0 Å². The van der Waals surface area contributed by atoms with E-state index in [-0.39, 0.29) is 0 Å². The lowest BCUT2D eigenvalue weighted by Crippen LogP contribution is -2.42. The van der Waals surface area contributed by atoms with Crippen LogP contribution >= 0.6 is 0 Å². The van der Waals surface area contributed by atoms with Gasteiger partial charge in [0, 0.05) is 12.6 Å². The minimum absolute atomic E-state index is 0.395. The zero-order chi connectivity index (χ0) is 12.8. The first kappa shape index (κ1) is 14.5. The summed E-state index contributed by atoms with van der Waals surface area (Å²) in [5, 5.41) is 0. The van der Waals surface area contributed by atoms with E-state index in [0.29, 0.717) is 12.5 Å². The Morgan fingerprint density at radius 3 is 2.41 bits per heavy atom. The van der Waals surface area contributed by atoms with Gasteiger partial charge >= 0.3 is 0 Å². The Kier molecular flexibility index (Phi) is 5.92. The molecule has 1 rings (SSSR count). The molecule has 0 aliphatic heterocycles. The fourth-order valence-electron chi connectivity index (χ4n) is 2.66. The molecule has 0 aromatic heterocycles. The summed E-state index contributed by atoms with van der Waals surface area (Å²) in [6.07, 6.45) is 7.21. The first-order valence-electron chi connectivity index (χ1n) is 6.79. The molecule has 4 N–H and O–H groups in total. The summed E-state index contributed by atoms with van der Waals surface area (Å²) in [5.41, 5.74) is 10.8. The monoisotopic (exact) mass is 241 g/mol. The third-order valence-electron chi connectivity index (χ3n) is 4.18. The Morgan fingerprint density at radius 2 is 1.94 bits per heavy atom. The lowest BCUT2D eigenvalue weighted by molar-refractivity contribution is -0.119. The van der Waals surface area contributed by atoms with Gasteiger partial charge in [-0.2, -0.15) is 0 Å². The SMILES string of the molecule is CCC1CCC(N(C)CCC(N)C(N)=O)CC1. The number of carbonyl (C=O) groups is 1. The molecular formula is C13H27N3O. The molecule has 0 heterocycles. The van der Waals surface area contributed by atoms with Gasteiger partial charge in [-0.1, -0.05) is 13.3 Å².